The van der Waals surface area contributed by atoms with Gasteiger partial charge in [-0.15, -0.1) is 0 Å². The van der Waals surface area contributed by atoms with E-state index in [-0.39, 0.29) is 0 Å². The van der Waals surface area contributed by atoms with E-state index in [2.05, 4.69) is 56.5 Å². The molecule has 2 aromatic carbocycles. The van der Waals surface area contributed by atoms with Gasteiger partial charge in [0.15, 0.2) is 0 Å². The molecule has 90 valence electrons. The molecular formula is C18H18. The van der Waals surface area contributed by atoms with Gasteiger partial charge in [0.1, 0.15) is 0 Å². The van der Waals surface area contributed by atoms with Gasteiger partial charge in [-0.25, -0.2) is 0 Å². The molecule has 2 rings (SSSR count). The Balaban J connectivity index is 2.50. The molecule has 0 heteroatoms. The lowest BCUT2D eigenvalue weighted by molar-refractivity contribution is 0.916. The van der Waals surface area contributed by atoms with E-state index in [4.69, 9.17) is 0 Å². The van der Waals surface area contributed by atoms with Crippen molar-refractivity contribution >= 4 is 12.2 Å². The first-order chi connectivity index (χ1) is 8.77. The standard InChI is InChI=1S/C18H18/c1-4-15-10-6-8-12-17(15)14(3)18-13-9-7-11-16(18)5-2/h4-14H,1-2H2,3H3. The second kappa shape index (κ2) is 5.50. The number of rotatable bonds is 4. The van der Waals surface area contributed by atoms with Gasteiger partial charge in [-0.2, -0.15) is 0 Å². The van der Waals surface area contributed by atoms with Crippen molar-refractivity contribution in [2.24, 2.45) is 0 Å². The van der Waals surface area contributed by atoms with Crippen LogP contribution in [0.1, 0.15) is 35.1 Å². The summed E-state index contributed by atoms with van der Waals surface area (Å²) in [5.74, 6) is 0.341. The lowest BCUT2D eigenvalue weighted by atomic mass is 9.87. The number of benzene rings is 2. The van der Waals surface area contributed by atoms with Crippen LogP contribution in [0.15, 0.2) is 61.7 Å². The molecule has 0 unspecified atom stereocenters. The quantitative estimate of drug-likeness (QED) is 0.688. The van der Waals surface area contributed by atoms with Crippen molar-refractivity contribution in [3.63, 3.8) is 0 Å². The molecule has 0 N–H and O–H groups in total. The normalized spacial score (nSPS) is 10.3. The molecule has 0 spiro atoms. The Morgan fingerprint density at radius 1 is 0.778 bits per heavy atom. The van der Waals surface area contributed by atoms with Crippen molar-refractivity contribution < 1.29 is 0 Å². The predicted octanol–water partition coefficient (Wildman–Crippen LogP) is 5.12. The fourth-order valence-corrected chi connectivity index (χ4v) is 2.35. The van der Waals surface area contributed by atoms with Crippen molar-refractivity contribution in [3.8, 4) is 0 Å². The minimum Gasteiger partial charge on any atom is -0.0985 e. The molecule has 0 aliphatic heterocycles. The summed E-state index contributed by atoms with van der Waals surface area (Å²) in [5.41, 5.74) is 5.01. The van der Waals surface area contributed by atoms with E-state index in [1.165, 1.54) is 22.3 Å². The van der Waals surface area contributed by atoms with Crippen LogP contribution in [0.3, 0.4) is 0 Å². The fourth-order valence-electron chi connectivity index (χ4n) is 2.35. The summed E-state index contributed by atoms with van der Waals surface area (Å²) in [6.07, 6.45) is 3.84. The van der Waals surface area contributed by atoms with Crippen LogP contribution < -0.4 is 0 Å². The molecule has 0 nitrogen and oxygen atoms in total. The van der Waals surface area contributed by atoms with Gasteiger partial charge in [0.2, 0.25) is 0 Å². The van der Waals surface area contributed by atoms with Crippen molar-refractivity contribution in [1.29, 1.82) is 0 Å². The molecular weight excluding hydrogens is 216 g/mol. The van der Waals surface area contributed by atoms with Gasteiger partial charge < -0.3 is 0 Å². The average molecular weight is 234 g/mol. The Labute approximate surface area is 109 Å². The SMILES string of the molecule is C=Cc1ccccc1C(C)c1ccccc1C=C. The Bertz CT molecular complexity index is 512. The van der Waals surface area contributed by atoms with Gasteiger partial charge >= 0.3 is 0 Å². The topological polar surface area (TPSA) is 0 Å². The molecule has 0 aliphatic carbocycles. The molecule has 2 aromatic rings. The summed E-state index contributed by atoms with van der Waals surface area (Å²) < 4.78 is 0. The second-order valence-electron chi connectivity index (χ2n) is 4.39. The monoisotopic (exact) mass is 234 g/mol. The smallest absolute Gasteiger partial charge is 0.00728 e. The van der Waals surface area contributed by atoms with Gasteiger partial charge in [-0.3, -0.25) is 0 Å². The predicted molar refractivity (Wildman–Crippen MR) is 80.6 cm³/mol. The zero-order chi connectivity index (χ0) is 13.0. The summed E-state index contributed by atoms with van der Waals surface area (Å²) in [6.45, 7) is 10.0. The van der Waals surface area contributed by atoms with Crippen LogP contribution in [0.4, 0.5) is 0 Å². The van der Waals surface area contributed by atoms with Crippen molar-refractivity contribution in [2.75, 3.05) is 0 Å². The van der Waals surface area contributed by atoms with Crippen LogP contribution in [0, 0.1) is 0 Å². The van der Waals surface area contributed by atoms with E-state index in [9.17, 15) is 0 Å². The molecule has 18 heavy (non-hydrogen) atoms. The van der Waals surface area contributed by atoms with E-state index in [1.54, 1.807) is 0 Å². The third kappa shape index (κ3) is 2.28. The first kappa shape index (κ1) is 12.4. The van der Waals surface area contributed by atoms with Crippen LogP contribution in [0.5, 0.6) is 0 Å². The molecule has 0 heterocycles. The zero-order valence-corrected chi connectivity index (χ0v) is 10.8. The highest BCUT2D eigenvalue weighted by atomic mass is 14.2. The van der Waals surface area contributed by atoms with Crippen LogP contribution in [-0.4, -0.2) is 0 Å². The van der Waals surface area contributed by atoms with E-state index in [0.29, 0.717) is 5.92 Å². The second-order valence-corrected chi connectivity index (χ2v) is 4.39. The molecule has 0 saturated heterocycles. The maximum atomic E-state index is 3.89. The zero-order valence-electron chi connectivity index (χ0n) is 10.8. The Kier molecular flexibility index (Phi) is 3.78. The maximum Gasteiger partial charge on any atom is 0.00728 e. The van der Waals surface area contributed by atoms with Crippen molar-refractivity contribution in [1.82, 2.24) is 0 Å². The molecule has 0 radical (unpaired) electrons. The van der Waals surface area contributed by atoms with Crippen molar-refractivity contribution in [3.05, 3.63) is 83.9 Å². The van der Waals surface area contributed by atoms with Gasteiger partial charge in [0.25, 0.3) is 0 Å². The highest BCUT2D eigenvalue weighted by Crippen LogP contribution is 2.30. The third-order valence-corrected chi connectivity index (χ3v) is 3.36. The first-order valence-corrected chi connectivity index (χ1v) is 6.20. The van der Waals surface area contributed by atoms with Crippen LogP contribution in [-0.2, 0) is 0 Å². The lowest BCUT2D eigenvalue weighted by Crippen LogP contribution is -2.00. The fraction of sp³-hybridized carbons (Fsp3) is 0.111. The molecule has 0 fully saturated rings. The summed E-state index contributed by atoms with van der Waals surface area (Å²) in [5, 5.41) is 0. The molecule has 0 amide bonds. The highest BCUT2D eigenvalue weighted by Gasteiger charge is 2.13. The van der Waals surface area contributed by atoms with Crippen LogP contribution in [0.2, 0.25) is 0 Å². The Hall–Kier alpha value is -2.08. The van der Waals surface area contributed by atoms with E-state index in [0.717, 1.165) is 0 Å². The number of hydrogen-bond acceptors (Lipinski definition) is 0. The first-order valence-electron chi connectivity index (χ1n) is 6.20. The summed E-state index contributed by atoms with van der Waals surface area (Å²) >= 11 is 0. The Morgan fingerprint density at radius 2 is 1.17 bits per heavy atom. The van der Waals surface area contributed by atoms with E-state index in [1.807, 2.05) is 24.3 Å². The molecule has 0 saturated carbocycles. The lowest BCUT2D eigenvalue weighted by Gasteiger charge is -2.17. The average Bonchev–Trinajstić information content (AvgIpc) is 2.46. The minimum atomic E-state index is 0.341. The maximum absolute atomic E-state index is 3.89. The molecule has 0 bridgehead atoms. The van der Waals surface area contributed by atoms with Gasteiger partial charge in [0, 0.05) is 5.92 Å². The van der Waals surface area contributed by atoms with Gasteiger partial charge in [0.05, 0.1) is 0 Å². The third-order valence-electron chi connectivity index (χ3n) is 3.36. The summed E-state index contributed by atoms with van der Waals surface area (Å²) in [6, 6.07) is 16.8. The van der Waals surface area contributed by atoms with Gasteiger partial charge in [-0.05, 0) is 22.3 Å². The highest BCUT2D eigenvalue weighted by molar-refractivity contribution is 5.59. The molecule has 0 atom stereocenters. The summed E-state index contributed by atoms with van der Waals surface area (Å²) in [7, 11) is 0. The largest absolute Gasteiger partial charge is 0.0985 e. The van der Waals surface area contributed by atoms with E-state index < -0.39 is 0 Å². The molecule has 0 aliphatic rings. The van der Waals surface area contributed by atoms with Gasteiger partial charge in [-0.1, -0.05) is 80.8 Å². The summed E-state index contributed by atoms with van der Waals surface area (Å²) in [4.78, 5) is 0. The Morgan fingerprint density at radius 3 is 1.56 bits per heavy atom. The molecule has 0 aromatic heterocycles. The number of hydrogen-bond donors (Lipinski definition) is 0. The van der Waals surface area contributed by atoms with Crippen LogP contribution >= 0.6 is 0 Å². The van der Waals surface area contributed by atoms with Crippen LogP contribution in [0.25, 0.3) is 12.2 Å². The van der Waals surface area contributed by atoms with Crippen molar-refractivity contribution in [2.45, 2.75) is 12.8 Å². The minimum absolute atomic E-state index is 0.341. The van der Waals surface area contributed by atoms with E-state index >= 15 is 0 Å².